The van der Waals surface area contributed by atoms with Crippen LogP contribution in [-0.4, -0.2) is 62.0 Å². The summed E-state index contributed by atoms with van der Waals surface area (Å²) in [7, 11) is 2.08. The minimum absolute atomic E-state index is 0.0248. The third kappa shape index (κ3) is 3.41. The van der Waals surface area contributed by atoms with Crippen LogP contribution >= 0.6 is 7.82 Å². The lowest BCUT2D eigenvalue weighted by atomic mass is 10.1. The van der Waals surface area contributed by atoms with Crippen molar-refractivity contribution in [1.29, 1.82) is 0 Å². The zero-order valence-corrected chi connectivity index (χ0v) is 16.5. The van der Waals surface area contributed by atoms with Crippen LogP contribution in [0.4, 0.5) is 5.82 Å². The minimum Gasteiger partial charge on any atom is -0.460 e. The highest BCUT2D eigenvalue weighted by atomic mass is 31.2. The number of benzene rings is 1. The minimum atomic E-state index is -3.51. The van der Waals surface area contributed by atoms with Crippen LogP contribution in [0.15, 0.2) is 36.7 Å². The largest absolute Gasteiger partial charge is 0.488 e. The zero-order valence-electron chi connectivity index (χ0n) is 15.6. The second kappa shape index (κ2) is 7.42. The van der Waals surface area contributed by atoms with Crippen LogP contribution in [-0.2, 0) is 20.4 Å². The molecule has 2 radical (unpaired) electrons. The van der Waals surface area contributed by atoms with Crippen LogP contribution in [0.3, 0.4) is 0 Å². The Hall–Kier alpha value is -2.34. The molecule has 11 nitrogen and oxygen atoms in total. The van der Waals surface area contributed by atoms with Crippen molar-refractivity contribution < 1.29 is 28.5 Å². The van der Waals surface area contributed by atoms with Gasteiger partial charge in [-0.1, -0.05) is 30.3 Å². The Kier molecular flexibility index (Phi) is 4.85. The number of nitrogen functional groups attached to an aromatic ring is 1. The highest BCUT2D eigenvalue weighted by molar-refractivity contribution is 7.85. The number of nitrogens with zero attached hydrogens (tertiary/aromatic N) is 4. The molecular formula is C17H18BN5O6P+. The molecular weight excluding hydrogens is 412 g/mol. The molecule has 2 saturated heterocycles. The van der Waals surface area contributed by atoms with Crippen molar-refractivity contribution in [3.63, 3.8) is 0 Å². The molecule has 13 heteroatoms. The summed E-state index contributed by atoms with van der Waals surface area (Å²) in [5.41, 5.74) is 7.52. The van der Waals surface area contributed by atoms with E-state index in [9.17, 15) is 10.00 Å². The average Bonchev–Trinajstić information content (AvgIpc) is 3.25. The molecule has 2 aliphatic rings. The van der Waals surface area contributed by atoms with Gasteiger partial charge in [0.15, 0.2) is 29.3 Å². The van der Waals surface area contributed by atoms with Gasteiger partial charge in [0.05, 0.1) is 0 Å². The van der Waals surface area contributed by atoms with Crippen LogP contribution in [0.5, 0.6) is 6.01 Å². The van der Waals surface area contributed by atoms with Gasteiger partial charge in [-0.2, -0.15) is 14.0 Å². The van der Waals surface area contributed by atoms with E-state index in [1.807, 2.05) is 30.3 Å². The van der Waals surface area contributed by atoms with Gasteiger partial charge >= 0.3 is 21.4 Å². The fourth-order valence-corrected chi connectivity index (χ4v) is 4.57. The molecule has 4 N–H and O–H groups in total. The highest BCUT2D eigenvalue weighted by Gasteiger charge is 2.57. The van der Waals surface area contributed by atoms with E-state index in [4.69, 9.17) is 31.8 Å². The van der Waals surface area contributed by atoms with Crippen molar-refractivity contribution in [2.45, 2.75) is 31.1 Å². The number of rotatable bonds is 4. The van der Waals surface area contributed by atoms with Crippen molar-refractivity contribution in [1.82, 2.24) is 19.5 Å². The van der Waals surface area contributed by atoms with Crippen LogP contribution in [0.1, 0.15) is 11.8 Å². The number of aliphatic hydroxyl groups excluding tert-OH is 1. The van der Waals surface area contributed by atoms with Crippen LogP contribution in [0.2, 0.25) is 0 Å². The maximum atomic E-state index is 10.9. The first-order valence-corrected chi connectivity index (χ1v) is 10.8. The molecule has 154 valence electrons. The van der Waals surface area contributed by atoms with Crippen molar-refractivity contribution in [2.24, 2.45) is 0 Å². The van der Waals surface area contributed by atoms with E-state index >= 15 is 0 Å². The van der Waals surface area contributed by atoms with Crippen molar-refractivity contribution >= 4 is 32.4 Å². The molecule has 5 atom stereocenters. The molecule has 30 heavy (non-hydrogen) atoms. The van der Waals surface area contributed by atoms with Crippen LogP contribution < -0.4 is 10.5 Å². The second-order valence-electron chi connectivity index (χ2n) is 6.96. The third-order valence-corrected chi connectivity index (χ3v) is 6.01. The van der Waals surface area contributed by atoms with E-state index in [1.54, 1.807) is 0 Å². The van der Waals surface area contributed by atoms with Gasteiger partial charge in [-0.25, -0.2) is 19.4 Å². The summed E-state index contributed by atoms with van der Waals surface area (Å²) in [6, 6.07) is 9.66. The lowest BCUT2D eigenvalue weighted by molar-refractivity contribution is -0.0626. The number of hydrogen-bond acceptors (Lipinski definition) is 10. The molecule has 2 aliphatic heterocycles. The number of fused-ring (bicyclic) bond motifs is 2. The summed E-state index contributed by atoms with van der Waals surface area (Å²) in [5, 5.41) is 10.9. The Morgan fingerprint density at radius 1 is 1.30 bits per heavy atom. The quantitative estimate of drug-likeness (QED) is 0.395. The fraction of sp³-hybridized carbons (Fsp3) is 0.353. The summed E-state index contributed by atoms with van der Waals surface area (Å²) >= 11 is 0. The van der Waals surface area contributed by atoms with Crippen molar-refractivity contribution in [3.8, 4) is 6.01 Å². The molecule has 0 spiro atoms. The van der Waals surface area contributed by atoms with Crippen LogP contribution in [0, 0.1) is 0 Å². The average molecular weight is 430 g/mol. The second-order valence-corrected chi connectivity index (χ2v) is 8.55. The monoisotopic (exact) mass is 430 g/mol. The Labute approximate surface area is 172 Å². The predicted octanol–water partition coefficient (Wildman–Crippen LogP) is 0.500. The zero-order chi connectivity index (χ0) is 20.9. The fourth-order valence-electron chi connectivity index (χ4n) is 3.54. The van der Waals surface area contributed by atoms with Crippen molar-refractivity contribution in [2.75, 3.05) is 12.3 Å². The smallest absolute Gasteiger partial charge is 0.460 e. The first-order chi connectivity index (χ1) is 14.4. The predicted molar refractivity (Wildman–Crippen MR) is 106 cm³/mol. The van der Waals surface area contributed by atoms with Gasteiger partial charge in [0, 0.05) is 0 Å². The summed E-state index contributed by atoms with van der Waals surface area (Å²) < 4.78 is 23.8. The Balaban J connectivity index is 1.52. The molecule has 5 rings (SSSR count). The highest BCUT2D eigenvalue weighted by Crippen LogP contribution is 2.58. The summed E-state index contributed by atoms with van der Waals surface area (Å²) in [6.45, 7) is 0.198. The molecule has 3 aromatic rings. The molecule has 0 bridgehead atoms. The molecule has 2 fully saturated rings. The number of aromatic nitrogens is 4. The summed E-state index contributed by atoms with van der Waals surface area (Å²) in [4.78, 5) is 22.5. The van der Waals surface area contributed by atoms with Gasteiger partial charge in [0.2, 0.25) is 0 Å². The number of ether oxygens (including phenoxy) is 2. The maximum absolute atomic E-state index is 10.9. The number of aliphatic hydroxyl groups is 1. The lowest BCUT2D eigenvalue weighted by Crippen LogP contribution is -2.40. The van der Waals surface area contributed by atoms with Gasteiger partial charge in [0.25, 0.3) is 0 Å². The summed E-state index contributed by atoms with van der Waals surface area (Å²) in [5.74, 6) is 0.162. The molecule has 2 aromatic heterocycles. The van der Waals surface area contributed by atoms with Gasteiger partial charge in [-0.05, 0) is 5.56 Å². The first kappa shape index (κ1) is 19.6. The number of imidazole rings is 1. The van der Waals surface area contributed by atoms with E-state index in [-0.39, 0.29) is 25.0 Å². The Bertz CT molecular complexity index is 1070. The molecule has 0 saturated carbocycles. The Morgan fingerprint density at radius 3 is 2.90 bits per heavy atom. The van der Waals surface area contributed by atoms with E-state index in [0.29, 0.717) is 11.2 Å². The maximum Gasteiger partial charge on any atom is 0.488 e. The van der Waals surface area contributed by atoms with E-state index in [0.717, 1.165) is 5.56 Å². The first-order valence-electron chi connectivity index (χ1n) is 9.15. The van der Waals surface area contributed by atoms with E-state index < -0.39 is 32.4 Å². The third-order valence-electron chi connectivity index (χ3n) is 4.94. The molecule has 2 unspecified atom stereocenters. The standard InChI is InChI=1S/C17H18BN5O6P/c18-30(25)27-7-10-13(29-30)12(24)16(28-10)23-15-11(14(19)20-8-21-15)22-17(23)26-6-9-4-2-1-3-5-9/h1-5,8,10,12-13,16,24-25H,6-7H2,(H2,19,20,21)/q+1/t10-,12?,13-,16-,30?/m1/s1. The van der Waals surface area contributed by atoms with Gasteiger partial charge in [0.1, 0.15) is 31.7 Å². The molecule has 4 heterocycles. The SMILES string of the molecule is [B][P+]1(O)OC[C@H]2O[C@@H](n3c(OCc4ccccc4)nc4c(N)ncnc43)C(O)[C@@H]2O1. The summed E-state index contributed by atoms with van der Waals surface area (Å²) in [6.07, 6.45) is -2.42. The number of anilines is 1. The van der Waals surface area contributed by atoms with E-state index in [2.05, 4.69) is 15.0 Å². The number of hydrogen-bond donors (Lipinski definition) is 3. The van der Waals surface area contributed by atoms with Crippen LogP contribution in [0.25, 0.3) is 11.2 Å². The van der Waals surface area contributed by atoms with Crippen molar-refractivity contribution in [3.05, 3.63) is 42.2 Å². The molecule has 0 amide bonds. The Morgan fingerprint density at radius 2 is 2.10 bits per heavy atom. The normalized spacial score (nSPS) is 31.0. The van der Waals surface area contributed by atoms with Gasteiger partial charge in [-0.3, -0.25) is 0 Å². The van der Waals surface area contributed by atoms with E-state index in [1.165, 1.54) is 10.9 Å². The topological polar surface area (TPSA) is 147 Å². The number of nitrogens with two attached hydrogens (primary N) is 1. The van der Waals surface area contributed by atoms with Gasteiger partial charge in [-0.15, -0.1) is 0 Å². The molecule has 0 aliphatic carbocycles. The molecule has 1 aromatic carbocycles. The lowest BCUT2D eigenvalue weighted by Gasteiger charge is -2.27. The van der Waals surface area contributed by atoms with Gasteiger partial charge < -0.3 is 20.3 Å².